The Hall–Kier alpha value is -2.91. The third-order valence-electron chi connectivity index (χ3n) is 5.52. The van der Waals surface area contributed by atoms with Crippen molar-refractivity contribution in [1.82, 2.24) is 0 Å². The molecule has 30 heavy (non-hydrogen) atoms. The van der Waals surface area contributed by atoms with E-state index in [1.807, 2.05) is 30.3 Å². The van der Waals surface area contributed by atoms with Crippen molar-refractivity contribution in [3.63, 3.8) is 0 Å². The lowest BCUT2D eigenvalue weighted by molar-refractivity contribution is 0.386. The van der Waals surface area contributed by atoms with Crippen LogP contribution in [0, 0.1) is 11.3 Å². The molecule has 0 radical (unpaired) electrons. The molecule has 0 heterocycles. The molecule has 0 aromatic heterocycles. The zero-order valence-electron chi connectivity index (χ0n) is 19.1. The maximum Gasteiger partial charge on any atom is 0.250 e. The average molecular weight is 426 g/mol. The molecular weight excluding hydrogens is 394 g/mol. The first-order chi connectivity index (χ1) is 14.1. The molecule has 0 saturated heterocycles. The van der Waals surface area contributed by atoms with E-state index in [0.29, 0.717) is 23.0 Å². The number of hydrogen-bond donors (Lipinski definition) is 0. The molecule has 5 nitrogen and oxygen atoms in total. The van der Waals surface area contributed by atoms with E-state index < -0.39 is 8.32 Å². The number of benzene rings is 2. The van der Waals surface area contributed by atoms with Gasteiger partial charge in [-0.25, -0.2) is 0 Å². The molecule has 0 saturated carbocycles. The Kier molecular flexibility index (Phi) is 7.22. The molecule has 0 atom stereocenters. The summed E-state index contributed by atoms with van der Waals surface area (Å²) < 4.78 is 22.9. The minimum absolute atomic E-state index is 0.0412. The monoisotopic (exact) mass is 425 g/mol. The lowest BCUT2D eigenvalue weighted by Gasteiger charge is -2.36. The molecule has 0 aliphatic carbocycles. The summed E-state index contributed by atoms with van der Waals surface area (Å²) in [5, 5.41) is 9.48. The maximum atomic E-state index is 9.44. The van der Waals surface area contributed by atoms with Gasteiger partial charge in [0.05, 0.1) is 27.4 Å². The van der Waals surface area contributed by atoms with Gasteiger partial charge < -0.3 is 18.6 Å². The largest absolute Gasteiger partial charge is 0.541 e. The smallest absolute Gasteiger partial charge is 0.250 e. The Labute approximate surface area is 181 Å². The fraction of sp³-hybridized carbons (Fsp3) is 0.375. The highest BCUT2D eigenvalue weighted by Gasteiger charge is 2.39. The van der Waals surface area contributed by atoms with E-state index in [1.54, 1.807) is 27.4 Å². The molecule has 160 valence electrons. The second kappa shape index (κ2) is 9.27. The second-order valence-electron chi connectivity index (χ2n) is 8.52. The Morgan fingerprint density at radius 2 is 1.47 bits per heavy atom. The van der Waals surface area contributed by atoms with Crippen LogP contribution in [0.25, 0.3) is 5.57 Å². The predicted molar refractivity (Wildman–Crippen MR) is 123 cm³/mol. The van der Waals surface area contributed by atoms with Crippen LogP contribution in [0.3, 0.4) is 0 Å². The molecule has 0 spiro atoms. The Morgan fingerprint density at radius 1 is 0.867 bits per heavy atom. The summed E-state index contributed by atoms with van der Waals surface area (Å²) in [6.45, 7) is 11.0. The van der Waals surface area contributed by atoms with Gasteiger partial charge in [0.1, 0.15) is 17.2 Å². The van der Waals surface area contributed by atoms with Crippen molar-refractivity contribution in [3.8, 4) is 29.1 Å². The molecule has 0 bridgehead atoms. The number of ether oxygens (including phenoxy) is 3. The van der Waals surface area contributed by atoms with E-state index in [9.17, 15) is 5.26 Å². The maximum absolute atomic E-state index is 9.44. The van der Waals surface area contributed by atoms with Gasteiger partial charge in [-0.05, 0) is 59.1 Å². The number of rotatable bonds is 7. The lowest BCUT2D eigenvalue weighted by atomic mass is 9.97. The van der Waals surface area contributed by atoms with Crippen molar-refractivity contribution < 1.29 is 18.6 Å². The van der Waals surface area contributed by atoms with E-state index in [2.05, 4.69) is 39.9 Å². The molecule has 0 N–H and O–H groups in total. The molecule has 0 unspecified atom stereocenters. The van der Waals surface area contributed by atoms with Gasteiger partial charge >= 0.3 is 0 Å². The van der Waals surface area contributed by atoms with Crippen molar-refractivity contribution in [1.29, 1.82) is 5.26 Å². The van der Waals surface area contributed by atoms with Gasteiger partial charge in [0, 0.05) is 12.1 Å². The van der Waals surface area contributed by atoms with Crippen LogP contribution < -0.4 is 18.6 Å². The van der Waals surface area contributed by atoms with Crippen molar-refractivity contribution >= 4 is 13.9 Å². The van der Waals surface area contributed by atoms with E-state index >= 15 is 0 Å². The average Bonchev–Trinajstić information content (AvgIpc) is 2.70. The third kappa shape index (κ3) is 5.16. The highest BCUT2D eigenvalue weighted by Crippen LogP contribution is 2.41. The normalized spacial score (nSPS) is 12.2. The second-order valence-corrected chi connectivity index (χ2v) is 13.2. The zero-order chi connectivity index (χ0) is 22.5. The fourth-order valence-corrected chi connectivity index (χ4v) is 3.73. The van der Waals surface area contributed by atoms with E-state index in [0.717, 1.165) is 16.7 Å². The highest BCUT2D eigenvalue weighted by atomic mass is 28.4. The Balaban J connectivity index is 2.61. The standard InChI is InChI=1S/C24H31NO4Si/c1-24(2,3)30(7,8)29-23-15-17(9-10-22(23)28-6)21(11-12-25)18-13-19(26-4)16-20(14-18)27-5/h9-11,13-16H,1-8H3/b21-11-. The first-order valence-electron chi connectivity index (χ1n) is 9.77. The van der Waals surface area contributed by atoms with Crippen LogP contribution in [-0.2, 0) is 0 Å². The van der Waals surface area contributed by atoms with Crippen LogP contribution in [0.15, 0.2) is 42.5 Å². The van der Waals surface area contributed by atoms with Crippen LogP contribution in [-0.4, -0.2) is 29.6 Å². The van der Waals surface area contributed by atoms with Crippen molar-refractivity contribution in [2.75, 3.05) is 21.3 Å². The van der Waals surface area contributed by atoms with Gasteiger partial charge in [-0.15, -0.1) is 0 Å². The van der Waals surface area contributed by atoms with Gasteiger partial charge in [-0.3, -0.25) is 0 Å². The van der Waals surface area contributed by atoms with Crippen molar-refractivity contribution in [3.05, 3.63) is 53.6 Å². The van der Waals surface area contributed by atoms with Crippen LogP contribution >= 0.6 is 0 Å². The number of methoxy groups -OCH3 is 3. The minimum atomic E-state index is -2.08. The Bertz CT molecular complexity index is 946. The van der Waals surface area contributed by atoms with Crippen LogP contribution in [0.4, 0.5) is 0 Å². The molecule has 2 aromatic rings. The van der Waals surface area contributed by atoms with Gasteiger partial charge in [0.15, 0.2) is 5.75 Å². The molecule has 0 fully saturated rings. The van der Waals surface area contributed by atoms with Gasteiger partial charge in [0.2, 0.25) is 0 Å². The number of nitrogens with zero attached hydrogens (tertiary/aromatic N) is 1. The summed E-state index contributed by atoms with van der Waals surface area (Å²) in [5.74, 6) is 2.65. The molecular formula is C24H31NO4Si. The van der Waals surface area contributed by atoms with E-state index in [-0.39, 0.29) is 5.04 Å². The van der Waals surface area contributed by atoms with Gasteiger partial charge in [-0.2, -0.15) is 5.26 Å². The Morgan fingerprint density at radius 3 is 1.93 bits per heavy atom. The molecule has 2 rings (SSSR count). The van der Waals surface area contributed by atoms with Crippen molar-refractivity contribution in [2.45, 2.75) is 38.9 Å². The molecule has 0 aliphatic rings. The number of hydrogen-bond acceptors (Lipinski definition) is 5. The molecule has 2 aromatic carbocycles. The molecule has 6 heteroatoms. The molecule has 0 amide bonds. The highest BCUT2D eigenvalue weighted by molar-refractivity contribution is 6.74. The summed E-state index contributed by atoms with van der Waals surface area (Å²) in [6, 6.07) is 13.4. The number of nitriles is 1. The van der Waals surface area contributed by atoms with Crippen molar-refractivity contribution in [2.24, 2.45) is 0 Å². The summed E-state index contributed by atoms with van der Waals surface area (Å²) in [4.78, 5) is 0. The summed E-state index contributed by atoms with van der Waals surface area (Å²) in [6.07, 6.45) is 1.52. The SMILES string of the molecule is COc1cc(OC)cc(/C(=C\C#N)c2ccc(OC)c(O[Si](C)(C)C(C)(C)C)c2)c1. The van der Waals surface area contributed by atoms with Gasteiger partial charge in [-0.1, -0.05) is 26.8 Å². The van der Waals surface area contributed by atoms with Crippen LogP contribution in [0.2, 0.25) is 18.1 Å². The summed E-state index contributed by atoms with van der Waals surface area (Å²) >= 11 is 0. The molecule has 0 aliphatic heterocycles. The summed E-state index contributed by atoms with van der Waals surface area (Å²) in [7, 11) is 2.75. The van der Waals surface area contributed by atoms with Gasteiger partial charge in [0.25, 0.3) is 8.32 Å². The topological polar surface area (TPSA) is 60.7 Å². The zero-order valence-corrected chi connectivity index (χ0v) is 20.1. The first kappa shape index (κ1) is 23.4. The van der Waals surface area contributed by atoms with Crippen LogP contribution in [0.5, 0.6) is 23.0 Å². The predicted octanol–water partition coefficient (Wildman–Crippen LogP) is 6.05. The quantitative estimate of drug-likeness (QED) is 0.399. The first-order valence-corrected chi connectivity index (χ1v) is 12.7. The number of allylic oxidation sites excluding steroid dienone is 1. The summed E-state index contributed by atoms with van der Waals surface area (Å²) in [5.41, 5.74) is 2.41. The van der Waals surface area contributed by atoms with Crippen LogP contribution in [0.1, 0.15) is 31.9 Å². The fourth-order valence-electron chi connectivity index (χ4n) is 2.71. The van der Waals surface area contributed by atoms with E-state index in [1.165, 1.54) is 6.08 Å². The minimum Gasteiger partial charge on any atom is -0.541 e. The third-order valence-corrected chi connectivity index (χ3v) is 9.86. The lowest BCUT2D eigenvalue weighted by Crippen LogP contribution is -2.43. The van der Waals surface area contributed by atoms with E-state index in [4.69, 9.17) is 18.6 Å².